The summed E-state index contributed by atoms with van der Waals surface area (Å²) >= 11 is 0. The predicted molar refractivity (Wildman–Crippen MR) is 107 cm³/mol. The molecule has 1 amide bonds. The minimum Gasteiger partial charge on any atom is -0.481 e. The van der Waals surface area contributed by atoms with E-state index >= 15 is 0 Å². The number of carboxylic acids is 1. The lowest BCUT2D eigenvalue weighted by Crippen LogP contribution is -2.81. The van der Waals surface area contributed by atoms with Gasteiger partial charge in [0.15, 0.2) is 0 Å². The molecule has 3 N–H and O–H groups in total. The lowest BCUT2D eigenvalue weighted by atomic mass is 9.98. The van der Waals surface area contributed by atoms with Gasteiger partial charge in [-0.25, -0.2) is 14.1 Å². The van der Waals surface area contributed by atoms with Gasteiger partial charge in [0.25, 0.3) is 10.0 Å². The zero-order valence-corrected chi connectivity index (χ0v) is 17.0. The molecule has 1 heterocycles. The van der Waals surface area contributed by atoms with Crippen molar-refractivity contribution in [1.82, 2.24) is 5.01 Å². The van der Waals surface area contributed by atoms with E-state index in [0.717, 1.165) is 11.0 Å². The normalized spacial score (nSPS) is 16.4. The number of primary sulfonamides is 1. The molecule has 3 rings (SSSR count). The standard InChI is InChI=1S/C20H20FN3O5S/c1-30(28,29)23-16-8-4-13(5-9-16)17-12-18(14-2-6-15(21)7-3-14)24(22-17)19(25)10-11-20(26)27/h2-9,18,23H,10-12H2,1H3,(H,26,27)/p+1. The van der Waals surface area contributed by atoms with Gasteiger partial charge in [-0.1, -0.05) is 12.1 Å². The van der Waals surface area contributed by atoms with Gasteiger partial charge in [-0.3, -0.25) is 9.59 Å². The van der Waals surface area contributed by atoms with Gasteiger partial charge in [-0.05, 0) is 35.4 Å². The van der Waals surface area contributed by atoms with Crippen molar-refractivity contribution in [2.75, 3.05) is 6.26 Å². The van der Waals surface area contributed by atoms with Crippen LogP contribution in [-0.4, -0.2) is 42.4 Å². The first-order valence-corrected chi connectivity index (χ1v) is 11.1. The van der Waals surface area contributed by atoms with Crippen LogP contribution in [0.2, 0.25) is 0 Å². The lowest BCUT2D eigenvalue weighted by Gasteiger charge is -2.21. The maximum atomic E-state index is 13.3. The molecule has 0 spiro atoms. The summed E-state index contributed by atoms with van der Waals surface area (Å²) in [5, 5.41) is 14.5. The van der Waals surface area contributed by atoms with E-state index in [-0.39, 0.29) is 12.8 Å². The van der Waals surface area contributed by atoms with Gasteiger partial charge in [0, 0.05) is 25.0 Å². The van der Waals surface area contributed by atoms with E-state index in [4.69, 9.17) is 5.11 Å². The van der Waals surface area contributed by atoms with Gasteiger partial charge in [-0.2, -0.15) is 13.5 Å². The molecule has 0 saturated carbocycles. The fourth-order valence-corrected chi connectivity index (χ4v) is 3.84. The van der Waals surface area contributed by atoms with Crippen LogP contribution in [-0.2, 0) is 19.6 Å². The topological polar surface area (TPSA) is 121 Å². The van der Waals surface area contributed by atoms with Crippen molar-refractivity contribution in [3.63, 3.8) is 0 Å². The molecule has 0 saturated heterocycles. The van der Waals surface area contributed by atoms with Crippen LogP contribution in [0.3, 0.4) is 0 Å². The van der Waals surface area contributed by atoms with Crippen LogP contribution in [0.25, 0.3) is 0 Å². The van der Waals surface area contributed by atoms with Crippen LogP contribution < -0.4 is 4.72 Å². The Morgan fingerprint density at radius 1 is 1.13 bits per heavy atom. The molecule has 10 heteroatoms. The molecule has 0 aromatic heterocycles. The molecular weight excluding hydrogens is 413 g/mol. The molecule has 2 aromatic rings. The van der Waals surface area contributed by atoms with Gasteiger partial charge < -0.3 is 5.11 Å². The number of nitrogens with two attached hydrogens (primary N) is 1. The number of carbonyl (C=O) groups excluding carboxylic acids is 1. The first-order valence-electron chi connectivity index (χ1n) is 9.14. The molecule has 8 nitrogen and oxygen atoms in total. The van der Waals surface area contributed by atoms with Crippen molar-refractivity contribution in [1.29, 1.82) is 0 Å². The smallest absolute Gasteiger partial charge is 0.303 e. The number of sulfonamides is 1. The highest BCUT2D eigenvalue weighted by Crippen LogP contribution is 2.33. The summed E-state index contributed by atoms with van der Waals surface area (Å²) < 4.78 is 37.3. The number of aliphatic carboxylic acids is 1. The van der Waals surface area contributed by atoms with Crippen LogP contribution in [0.15, 0.2) is 53.6 Å². The molecule has 0 bridgehead atoms. The third-order valence-corrected chi connectivity index (χ3v) is 5.27. The van der Waals surface area contributed by atoms with Crippen molar-refractivity contribution < 1.29 is 32.2 Å². The van der Waals surface area contributed by atoms with Gasteiger partial charge in [0.2, 0.25) is 5.91 Å². The fourth-order valence-electron chi connectivity index (χ4n) is 3.19. The van der Waals surface area contributed by atoms with E-state index in [1.165, 1.54) is 17.1 Å². The Bertz CT molecular complexity index is 1080. The largest absolute Gasteiger partial charge is 0.481 e. The zero-order valence-electron chi connectivity index (χ0n) is 16.2. The number of carbonyl (C=O) groups is 2. The highest BCUT2D eigenvalue weighted by atomic mass is 32.2. The monoisotopic (exact) mass is 434 g/mol. The average molecular weight is 434 g/mol. The minimum absolute atomic E-state index is 0.202. The second kappa shape index (κ2) is 8.72. The van der Waals surface area contributed by atoms with E-state index in [1.807, 2.05) is 0 Å². The first-order chi connectivity index (χ1) is 14.1. The predicted octanol–water partition coefficient (Wildman–Crippen LogP) is 1.52. The minimum atomic E-state index is -3.28. The van der Waals surface area contributed by atoms with E-state index in [1.54, 1.807) is 36.4 Å². The van der Waals surface area contributed by atoms with Crippen LogP contribution in [0.1, 0.15) is 36.4 Å². The van der Waals surface area contributed by atoms with Gasteiger partial charge >= 0.3 is 5.97 Å². The Hall–Kier alpha value is -3.11. The van der Waals surface area contributed by atoms with E-state index in [9.17, 15) is 22.4 Å². The van der Waals surface area contributed by atoms with Crippen LogP contribution in [0.4, 0.5) is 10.1 Å². The quantitative estimate of drug-likeness (QED) is 0.640. The van der Waals surface area contributed by atoms with Gasteiger partial charge in [-0.15, -0.1) is 0 Å². The second-order valence-electron chi connectivity index (χ2n) is 7.02. The number of halogens is 1. The molecule has 1 aliphatic rings. The van der Waals surface area contributed by atoms with Crippen LogP contribution >= 0.6 is 0 Å². The molecule has 0 fully saturated rings. The van der Waals surface area contributed by atoms with Crippen molar-refractivity contribution >= 4 is 33.3 Å². The number of rotatable bonds is 7. The average Bonchev–Trinajstić information content (AvgIpc) is 3.11. The molecule has 1 unspecified atom stereocenters. The number of amides is 1. The van der Waals surface area contributed by atoms with Crippen molar-refractivity contribution in [2.24, 2.45) is 5.10 Å². The molecule has 1 aliphatic heterocycles. The molecule has 158 valence electrons. The molecule has 0 radical (unpaired) electrons. The number of benzene rings is 2. The number of hydrazone groups is 1. The Kier molecular flexibility index (Phi) is 6.28. The maximum absolute atomic E-state index is 13.3. The molecule has 1 atom stereocenters. The summed E-state index contributed by atoms with van der Waals surface area (Å²) in [6.45, 7) is 0. The van der Waals surface area contributed by atoms with Crippen molar-refractivity contribution in [3.05, 3.63) is 65.5 Å². The Morgan fingerprint density at radius 2 is 1.77 bits per heavy atom. The number of hydrogen-bond acceptors (Lipinski definition) is 5. The first kappa shape index (κ1) is 21.6. The second-order valence-corrected chi connectivity index (χ2v) is 8.91. The highest BCUT2D eigenvalue weighted by molar-refractivity contribution is 7.84. The summed E-state index contributed by atoms with van der Waals surface area (Å²) in [5.41, 5.74) is 2.50. The highest BCUT2D eigenvalue weighted by Gasteiger charge is 2.33. The summed E-state index contributed by atoms with van der Waals surface area (Å²) in [4.78, 5) is 23.4. The van der Waals surface area contributed by atoms with Gasteiger partial charge in [0.05, 0.1) is 24.4 Å². The summed E-state index contributed by atoms with van der Waals surface area (Å²) in [6, 6.07) is 11.9. The summed E-state index contributed by atoms with van der Waals surface area (Å²) in [7, 11) is -3.28. The number of quaternary nitrogens is 1. The van der Waals surface area contributed by atoms with Crippen LogP contribution in [0, 0.1) is 5.82 Å². The Morgan fingerprint density at radius 3 is 2.33 bits per heavy atom. The number of hydrogen-bond donors (Lipinski definition) is 2. The SMILES string of the molecule is CS(=O)(=O)[NH2+]c1ccc(C2=NN(C(=O)CCC(=O)O)C(c3ccc(F)cc3)C2)cc1. The summed E-state index contributed by atoms with van der Waals surface area (Å²) in [5.74, 6) is -1.93. The fraction of sp³-hybridized carbons (Fsp3) is 0.250. The van der Waals surface area contributed by atoms with Crippen molar-refractivity contribution in [3.8, 4) is 0 Å². The Balaban J connectivity index is 1.87. The molecule has 0 aliphatic carbocycles. The number of nitrogens with zero attached hydrogens (tertiary/aromatic N) is 2. The maximum Gasteiger partial charge on any atom is 0.303 e. The Labute approximate surface area is 173 Å². The van der Waals surface area contributed by atoms with E-state index in [2.05, 4.69) is 5.10 Å². The third kappa shape index (κ3) is 5.49. The number of carboxylic acid groups (broad SMARTS) is 1. The molecular formula is C20H21FN3O5S+. The van der Waals surface area contributed by atoms with E-state index < -0.39 is 33.8 Å². The zero-order chi connectivity index (χ0) is 21.9. The van der Waals surface area contributed by atoms with E-state index in [0.29, 0.717) is 28.9 Å². The van der Waals surface area contributed by atoms with Crippen LogP contribution in [0.5, 0.6) is 0 Å². The molecule has 30 heavy (non-hydrogen) atoms. The van der Waals surface area contributed by atoms with Crippen molar-refractivity contribution in [2.45, 2.75) is 25.3 Å². The molecule has 2 aromatic carbocycles. The lowest BCUT2D eigenvalue weighted by molar-refractivity contribution is -0.396. The summed E-state index contributed by atoms with van der Waals surface area (Å²) in [6.07, 6.45) is 0.952. The third-order valence-electron chi connectivity index (χ3n) is 4.57. The van der Waals surface area contributed by atoms with Gasteiger partial charge in [0.1, 0.15) is 11.5 Å².